The van der Waals surface area contributed by atoms with E-state index in [1.54, 1.807) is 12.3 Å². The lowest BCUT2D eigenvalue weighted by molar-refractivity contribution is 0.0923. The molecule has 3 heteroatoms. The van der Waals surface area contributed by atoms with Crippen molar-refractivity contribution < 1.29 is 9.53 Å². The van der Waals surface area contributed by atoms with Crippen LogP contribution in [0.5, 0.6) is 5.75 Å². The topological polar surface area (TPSA) is 39.2 Å². The summed E-state index contributed by atoms with van der Waals surface area (Å²) in [6.07, 6.45) is 1.69. The maximum Gasteiger partial charge on any atom is 0.202 e. The second-order valence-electron chi connectivity index (χ2n) is 4.41. The first kappa shape index (κ1) is 12.4. The highest BCUT2D eigenvalue weighted by molar-refractivity contribution is 6.07. The lowest BCUT2D eigenvalue weighted by Crippen LogP contribution is -2.12. The Bertz CT molecular complexity index is 733. The SMILES string of the molecule is O=C(COc1ccccc1)c1cccc2cccnc12. The molecule has 0 aliphatic heterocycles. The summed E-state index contributed by atoms with van der Waals surface area (Å²) in [5.41, 5.74) is 1.32. The van der Waals surface area contributed by atoms with Crippen LogP contribution < -0.4 is 4.74 Å². The summed E-state index contributed by atoms with van der Waals surface area (Å²) >= 11 is 0. The second-order valence-corrected chi connectivity index (χ2v) is 4.41. The lowest BCUT2D eigenvalue weighted by Gasteiger charge is -2.07. The summed E-state index contributed by atoms with van der Waals surface area (Å²) < 4.78 is 5.49. The first-order chi connectivity index (χ1) is 9.84. The Morgan fingerprint density at radius 3 is 2.60 bits per heavy atom. The molecular formula is C17H13NO2. The summed E-state index contributed by atoms with van der Waals surface area (Å²) in [6.45, 7) is 0.0136. The van der Waals surface area contributed by atoms with Crippen molar-refractivity contribution >= 4 is 16.7 Å². The average molecular weight is 263 g/mol. The summed E-state index contributed by atoms with van der Waals surface area (Å²) in [5, 5.41) is 0.957. The predicted octanol–water partition coefficient (Wildman–Crippen LogP) is 3.50. The highest BCUT2D eigenvalue weighted by atomic mass is 16.5. The summed E-state index contributed by atoms with van der Waals surface area (Å²) in [4.78, 5) is 16.5. The largest absolute Gasteiger partial charge is 0.485 e. The first-order valence-corrected chi connectivity index (χ1v) is 6.39. The highest BCUT2D eigenvalue weighted by Crippen LogP contribution is 2.17. The quantitative estimate of drug-likeness (QED) is 0.676. The fraction of sp³-hybridized carbons (Fsp3) is 0.0588. The minimum Gasteiger partial charge on any atom is -0.485 e. The third-order valence-corrected chi connectivity index (χ3v) is 3.05. The van der Waals surface area contributed by atoms with E-state index >= 15 is 0 Å². The highest BCUT2D eigenvalue weighted by Gasteiger charge is 2.11. The zero-order valence-electron chi connectivity index (χ0n) is 10.8. The molecule has 0 amide bonds. The van der Waals surface area contributed by atoms with Crippen molar-refractivity contribution in [1.29, 1.82) is 0 Å². The van der Waals surface area contributed by atoms with E-state index in [0.717, 1.165) is 10.9 Å². The van der Waals surface area contributed by atoms with E-state index in [-0.39, 0.29) is 12.4 Å². The number of aromatic nitrogens is 1. The normalized spacial score (nSPS) is 10.4. The van der Waals surface area contributed by atoms with Crippen molar-refractivity contribution in [2.45, 2.75) is 0 Å². The molecule has 3 aromatic rings. The number of nitrogens with zero attached hydrogens (tertiary/aromatic N) is 1. The number of fused-ring (bicyclic) bond motifs is 1. The van der Waals surface area contributed by atoms with Crippen molar-refractivity contribution in [3.8, 4) is 5.75 Å². The van der Waals surface area contributed by atoms with Crippen molar-refractivity contribution in [2.24, 2.45) is 0 Å². The van der Waals surface area contributed by atoms with Gasteiger partial charge in [0.05, 0.1) is 5.52 Å². The van der Waals surface area contributed by atoms with E-state index in [9.17, 15) is 4.79 Å². The second kappa shape index (κ2) is 5.53. The van der Waals surface area contributed by atoms with Gasteiger partial charge >= 0.3 is 0 Å². The molecule has 1 heterocycles. The van der Waals surface area contributed by atoms with Crippen molar-refractivity contribution in [3.63, 3.8) is 0 Å². The lowest BCUT2D eigenvalue weighted by atomic mass is 10.1. The van der Waals surface area contributed by atoms with E-state index in [1.807, 2.05) is 54.6 Å². The van der Waals surface area contributed by atoms with Crippen LogP contribution >= 0.6 is 0 Å². The Hall–Kier alpha value is -2.68. The fourth-order valence-electron chi connectivity index (χ4n) is 2.07. The molecule has 0 bridgehead atoms. The number of carbonyl (C=O) groups excluding carboxylic acids is 1. The number of Topliss-reactive ketones (excluding diaryl/α,β-unsaturated/α-hetero) is 1. The molecule has 0 fully saturated rings. The summed E-state index contributed by atoms with van der Waals surface area (Å²) in [5.74, 6) is 0.618. The van der Waals surface area contributed by atoms with Gasteiger partial charge in [-0.2, -0.15) is 0 Å². The Morgan fingerprint density at radius 2 is 1.75 bits per heavy atom. The molecule has 0 radical (unpaired) electrons. The van der Waals surface area contributed by atoms with Gasteiger partial charge in [0.15, 0.2) is 6.61 Å². The molecule has 98 valence electrons. The van der Waals surface area contributed by atoms with Crippen LogP contribution in [0.25, 0.3) is 10.9 Å². The van der Waals surface area contributed by atoms with E-state index in [2.05, 4.69) is 4.98 Å². The Balaban J connectivity index is 1.82. The maximum atomic E-state index is 12.3. The molecule has 20 heavy (non-hydrogen) atoms. The number of hydrogen-bond acceptors (Lipinski definition) is 3. The molecule has 3 nitrogen and oxygen atoms in total. The standard InChI is InChI=1S/C17H13NO2/c19-16(12-20-14-8-2-1-3-9-14)15-10-4-6-13-7-5-11-18-17(13)15/h1-11H,12H2. The van der Waals surface area contributed by atoms with Gasteiger partial charge in [-0.25, -0.2) is 0 Å². The average Bonchev–Trinajstić information content (AvgIpc) is 2.53. The molecule has 0 spiro atoms. The number of ether oxygens (including phenoxy) is 1. The van der Waals surface area contributed by atoms with Crippen molar-refractivity contribution in [3.05, 3.63) is 72.4 Å². The zero-order valence-corrected chi connectivity index (χ0v) is 10.8. The number of hydrogen-bond donors (Lipinski definition) is 0. The number of para-hydroxylation sites is 2. The van der Waals surface area contributed by atoms with Gasteiger partial charge in [0.2, 0.25) is 5.78 Å². The van der Waals surface area contributed by atoms with Crippen LogP contribution in [0.2, 0.25) is 0 Å². The molecule has 0 saturated carbocycles. The molecule has 1 aromatic heterocycles. The monoisotopic (exact) mass is 263 g/mol. The van der Waals surface area contributed by atoms with Crippen molar-refractivity contribution in [2.75, 3.05) is 6.61 Å². The van der Waals surface area contributed by atoms with E-state index in [0.29, 0.717) is 11.3 Å². The van der Waals surface area contributed by atoms with Crippen LogP contribution in [0.4, 0.5) is 0 Å². The third kappa shape index (κ3) is 2.52. The number of pyridine rings is 1. The van der Waals surface area contributed by atoms with Crippen LogP contribution in [-0.2, 0) is 0 Å². The van der Waals surface area contributed by atoms with Gasteiger partial charge in [-0.15, -0.1) is 0 Å². The summed E-state index contributed by atoms with van der Waals surface area (Å²) in [7, 11) is 0. The number of carbonyl (C=O) groups is 1. The number of ketones is 1. The predicted molar refractivity (Wildman–Crippen MR) is 78.0 cm³/mol. The smallest absolute Gasteiger partial charge is 0.202 e. The molecule has 0 aliphatic rings. The molecule has 2 aromatic carbocycles. The van der Waals surface area contributed by atoms with Crippen molar-refractivity contribution in [1.82, 2.24) is 4.98 Å². The molecule has 0 unspecified atom stereocenters. The minimum atomic E-state index is -0.0712. The van der Waals surface area contributed by atoms with Gasteiger partial charge in [-0.3, -0.25) is 9.78 Å². The van der Waals surface area contributed by atoms with Gasteiger partial charge < -0.3 is 4.74 Å². The Labute approximate surface area is 116 Å². The molecule has 0 atom stereocenters. The minimum absolute atomic E-state index is 0.0136. The van der Waals surface area contributed by atoms with Crippen LogP contribution in [0.15, 0.2) is 66.9 Å². The Morgan fingerprint density at radius 1 is 0.950 bits per heavy atom. The Kier molecular flexibility index (Phi) is 3.42. The summed E-state index contributed by atoms with van der Waals surface area (Å²) in [6, 6.07) is 18.7. The molecule has 0 aliphatic carbocycles. The van der Waals surface area contributed by atoms with Gasteiger partial charge in [-0.05, 0) is 24.3 Å². The van der Waals surface area contributed by atoms with Crippen LogP contribution in [0, 0.1) is 0 Å². The van der Waals surface area contributed by atoms with Gasteiger partial charge in [0.1, 0.15) is 5.75 Å². The van der Waals surface area contributed by atoms with E-state index in [4.69, 9.17) is 4.74 Å². The van der Waals surface area contributed by atoms with E-state index < -0.39 is 0 Å². The van der Waals surface area contributed by atoms with Crippen LogP contribution in [0.1, 0.15) is 10.4 Å². The zero-order chi connectivity index (χ0) is 13.8. The number of benzene rings is 2. The van der Waals surface area contributed by atoms with E-state index in [1.165, 1.54) is 0 Å². The molecule has 0 N–H and O–H groups in total. The van der Waals surface area contributed by atoms with Gasteiger partial charge in [0, 0.05) is 17.1 Å². The van der Waals surface area contributed by atoms with Crippen LogP contribution in [0.3, 0.4) is 0 Å². The molecule has 0 saturated heterocycles. The maximum absolute atomic E-state index is 12.3. The molecule has 3 rings (SSSR count). The van der Waals surface area contributed by atoms with Gasteiger partial charge in [-0.1, -0.05) is 36.4 Å². The third-order valence-electron chi connectivity index (χ3n) is 3.05. The molecular weight excluding hydrogens is 250 g/mol. The number of rotatable bonds is 4. The van der Waals surface area contributed by atoms with Crippen LogP contribution in [-0.4, -0.2) is 17.4 Å². The first-order valence-electron chi connectivity index (χ1n) is 6.39. The fourth-order valence-corrected chi connectivity index (χ4v) is 2.07. The van der Waals surface area contributed by atoms with Gasteiger partial charge in [0.25, 0.3) is 0 Å².